The molecule has 4 heteroatoms. The third-order valence-electron chi connectivity index (χ3n) is 2.86. The van der Waals surface area contributed by atoms with Crippen LogP contribution in [0.5, 0.6) is 5.75 Å². The van der Waals surface area contributed by atoms with E-state index in [-0.39, 0.29) is 0 Å². The highest BCUT2D eigenvalue weighted by molar-refractivity contribution is 5.80. The zero-order valence-corrected chi connectivity index (χ0v) is 10.6. The molecule has 0 bridgehead atoms. The summed E-state index contributed by atoms with van der Waals surface area (Å²) in [5.41, 5.74) is 1.56. The Labute approximate surface area is 106 Å². The summed E-state index contributed by atoms with van der Waals surface area (Å²) in [7, 11) is 1.95. The summed E-state index contributed by atoms with van der Waals surface area (Å²) in [6.07, 6.45) is 5.21. The van der Waals surface area contributed by atoms with E-state index in [1.807, 2.05) is 36.9 Å². The van der Waals surface area contributed by atoms with Crippen molar-refractivity contribution in [2.75, 3.05) is 6.61 Å². The molecule has 2 aromatic rings. The minimum atomic E-state index is 0.510. The summed E-state index contributed by atoms with van der Waals surface area (Å²) in [5.74, 6) is 1.64. The topological polar surface area (TPSA) is 44.1 Å². The smallest absolute Gasteiger partial charge is 0.153 e. The molecule has 0 aliphatic rings. The van der Waals surface area contributed by atoms with E-state index in [2.05, 4.69) is 4.98 Å². The fourth-order valence-electron chi connectivity index (χ4n) is 1.85. The Balaban J connectivity index is 2.02. The summed E-state index contributed by atoms with van der Waals surface area (Å²) in [6, 6.07) is 5.55. The molecule has 0 unspecified atom stereocenters. The lowest BCUT2D eigenvalue weighted by Crippen LogP contribution is -2.08. The van der Waals surface area contributed by atoms with E-state index in [9.17, 15) is 4.79 Å². The molecule has 1 heterocycles. The molecule has 94 valence electrons. The first-order valence-corrected chi connectivity index (χ1v) is 5.86. The number of ether oxygens (including phenoxy) is 1. The Morgan fingerprint density at radius 2 is 2.28 bits per heavy atom. The van der Waals surface area contributed by atoms with Crippen LogP contribution in [0.1, 0.15) is 21.7 Å². The van der Waals surface area contributed by atoms with Gasteiger partial charge in [-0.25, -0.2) is 4.98 Å². The SMILES string of the molecule is Cc1cccc(C=O)c1OCCc1nccn1C. The molecule has 4 nitrogen and oxygen atoms in total. The molecule has 1 aromatic carbocycles. The van der Waals surface area contributed by atoms with Crippen molar-refractivity contribution in [1.29, 1.82) is 0 Å². The number of aldehydes is 1. The standard InChI is InChI=1S/C14H16N2O2/c1-11-4-3-5-12(10-17)14(11)18-9-6-13-15-7-8-16(13)2/h3-5,7-8,10H,6,9H2,1-2H3. The Kier molecular flexibility index (Phi) is 3.77. The van der Waals surface area contributed by atoms with Gasteiger partial charge in [-0.2, -0.15) is 0 Å². The molecule has 0 saturated carbocycles. The first-order chi connectivity index (χ1) is 8.72. The Bertz CT molecular complexity index is 546. The molecule has 0 N–H and O–H groups in total. The summed E-state index contributed by atoms with van der Waals surface area (Å²) in [4.78, 5) is 15.2. The van der Waals surface area contributed by atoms with Gasteiger partial charge in [-0.15, -0.1) is 0 Å². The van der Waals surface area contributed by atoms with Crippen molar-refractivity contribution in [1.82, 2.24) is 9.55 Å². The van der Waals surface area contributed by atoms with E-state index in [4.69, 9.17) is 4.74 Å². The fourth-order valence-corrected chi connectivity index (χ4v) is 1.85. The number of para-hydroxylation sites is 1. The molecule has 0 spiro atoms. The van der Waals surface area contributed by atoms with Crippen LogP contribution in [0.3, 0.4) is 0 Å². The molecule has 0 atom stereocenters. The maximum atomic E-state index is 10.9. The molecule has 0 fully saturated rings. The van der Waals surface area contributed by atoms with Gasteiger partial charge in [0, 0.05) is 25.9 Å². The summed E-state index contributed by atoms with van der Waals surface area (Å²) in [6.45, 7) is 2.44. The Hall–Kier alpha value is -2.10. The molecular weight excluding hydrogens is 228 g/mol. The minimum Gasteiger partial charge on any atom is -0.492 e. The fraction of sp³-hybridized carbons (Fsp3) is 0.286. The molecule has 0 amide bonds. The van der Waals surface area contributed by atoms with Gasteiger partial charge >= 0.3 is 0 Å². The normalized spacial score (nSPS) is 10.3. The quantitative estimate of drug-likeness (QED) is 0.757. The predicted octanol–water partition coefficient (Wildman–Crippen LogP) is 2.16. The van der Waals surface area contributed by atoms with Crippen molar-refractivity contribution in [3.63, 3.8) is 0 Å². The van der Waals surface area contributed by atoms with Crippen molar-refractivity contribution in [3.8, 4) is 5.75 Å². The monoisotopic (exact) mass is 244 g/mol. The third-order valence-corrected chi connectivity index (χ3v) is 2.86. The van der Waals surface area contributed by atoms with Crippen LogP contribution in [-0.2, 0) is 13.5 Å². The van der Waals surface area contributed by atoms with E-state index >= 15 is 0 Å². The second-order valence-electron chi connectivity index (χ2n) is 4.16. The molecule has 2 rings (SSSR count). The summed E-state index contributed by atoms with van der Waals surface area (Å²) < 4.78 is 7.66. The van der Waals surface area contributed by atoms with Crippen LogP contribution >= 0.6 is 0 Å². The van der Waals surface area contributed by atoms with Gasteiger partial charge < -0.3 is 9.30 Å². The van der Waals surface area contributed by atoms with E-state index < -0.39 is 0 Å². The predicted molar refractivity (Wildman–Crippen MR) is 69.0 cm³/mol. The zero-order valence-electron chi connectivity index (χ0n) is 10.6. The van der Waals surface area contributed by atoms with Gasteiger partial charge in [0.25, 0.3) is 0 Å². The number of benzene rings is 1. The number of carbonyl (C=O) groups excluding carboxylic acids is 1. The number of hydrogen-bond acceptors (Lipinski definition) is 3. The van der Waals surface area contributed by atoms with Gasteiger partial charge in [0.1, 0.15) is 11.6 Å². The van der Waals surface area contributed by atoms with Gasteiger partial charge in [-0.05, 0) is 18.6 Å². The number of carbonyl (C=O) groups is 1. The number of aromatic nitrogens is 2. The molecule has 0 aliphatic carbocycles. The van der Waals surface area contributed by atoms with Crippen LogP contribution in [0, 0.1) is 6.92 Å². The number of rotatable bonds is 5. The van der Waals surface area contributed by atoms with Crippen molar-refractivity contribution in [2.24, 2.45) is 7.05 Å². The van der Waals surface area contributed by atoms with Crippen LogP contribution in [0.15, 0.2) is 30.6 Å². The molecule has 0 saturated heterocycles. The van der Waals surface area contributed by atoms with Gasteiger partial charge in [0.2, 0.25) is 0 Å². The Morgan fingerprint density at radius 3 is 2.94 bits per heavy atom. The zero-order chi connectivity index (χ0) is 13.0. The van der Waals surface area contributed by atoms with Crippen molar-refractivity contribution >= 4 is 6.29 Å². The van der Waals surface area contributed by atoms with Gasteiger partial charge in [0.05, 0.1) is 12.2 Å². The molecule has 18 heavy (non-hydrogen) atoms. The van der Waals surface area contributed by atoms with Crippen LogP contribution in [0.4, 0.5) is 0 Å². The summed E-state index contributed by atoms with van der Waals surface area (Å²) in [5, 5.41) is 0. The highest BCUT2D eigenvalue weighted by Crippen LogP contribution is 2.21. The average Bonchev–Trinajstić information content (AvgIpc) is 2.77. The highest BCUT2D eigenvalue weighted by atomic mass is 16.5. The van der Waals surface area contributed by atoms with Gasteiger partial charge in [0.15, 0.2) is 6.29 Å². The molecule has 0 aliphatic heterocycles. The van der Waals surface area contributed by atoms with Crippen LogP contribution in [0.2, 0.25) is 0 Å². The first kappa shape index (κ1) is 12.4. The lowest BCUT2D eigenvalue weighted by atomic mass is 10.1. The van der Waals surface area contributed by atoms with Crippen molar-refractivity contribution in [3.05, 3.63) is 47.5 Å². The number of imidazole rings is 1. The van der Waals surface area contributed by atoms with E-state index in [1.54, 1.807) is 12.3 Å². The minimum absolute atomic E-state index is 0.510. The van der Waals surface area contributed by atoms with Crippen LogP contribution in [0.25, 0.3) is 0 Å². The van der Waals surface area contributed by atoms with E-state index in [0.29, 0.717) is 17.9 Å². The van der Waals surface area contributed by atoms with Crippen molar-refractivity contribution < 1.29 is 9.53 Å². The first-order valence-electron chi connectivity index (χ1n) is 5.86. The van der Waals surface area contributed by atoms with E-state index in [1.165, 1.54) is 0 Å². The maximum absolute atomic E-state index is 10.9. The second kappa shape index (κ2) is 5.49. The lowest BCUT2D eigenvalue weighted by molar-refractivity contribution is 0.111. The average molecular weight is 244 g/mol. The van der Waals surface area contributed by atoms with Crippen LogP contribution < -0.4 is 4.74 Å². The third kappa shape index (κ3) is 2.59. The number of aryl methyl sites for hydroxylation is 2. The number of hydrogen-bond donors (Lipinski definition) is 0. The highest BCUT2D eigenvalue weighted by Gasteiger charge is 2.07. The van der Waals surface area contributed by atoms with Gasteiger partial charge in [-0.1, -0.05) is 12.1 Å². The molecule has 1 aromatic heterocycles. The lowest BCUT2D eigenvalue weighted by Gasteiger charge is -2.11. The summed E-state index contributed by atoms with van der Waals surface area (Å²) >= 11 is 0. The second-order valence-corrected chi connectivity index (χ2v) is 4.16. The van der Waals surface area contributed by atoms with E-state index in [0.717, 1.165) is 24.1 Å². The molecule has 0 radical (unpaired) electrons. The Morgan fingerprint density at radius 1 is 1.44 bits per heavy atom. The number of nitrogens with zero attached hydrogens (tertiary/aromatic N) is 2. The largest absolute Gasteiger partial charge is 0.492 e. The van der Waals surface area contributed by atoms with Crippen LogP contribution in [-0.4, -0.2) is 22.4 Å². The molecular formula is C14H16N2O2. The van der Waals surface area contributed by atoms with Gasteiger partial charge in [-0.3, -0.25) is 4.79 Å². The maximum Gasteiger partial charge on any atom is 0.153 e. The van der Waals surface area contributed by atoms with Crippen molar-refractivity contribution in [2.45, 2.75) is 13.3 Å².